The van der Waals surface area contributed by atoms with Crippen molar-refractivity contribution in [2.45, 2.75) is 62.7 Å². The predicted molar refractivity (Wildman–Crippen MR) is 143 cm³/mol. The van der Waals surface area contributed by atoms with Gasteiger partial charge >= 0.3 is 12.1 Å². The molecule has 1 aliphatic heterocycles. The molecule has 2 aromatic heterocycles. The summed E-state index contributed by atoms with van der Waals surface area (Å²) in [5, 5.41) is 40.7. The number of aliphatic hydroxyl groups excluding tert-OH is 2. The number of esters is 1. The van der Waals surface area contributed by atoms with E-state index < -0.39 is 85.0 Å². The van der Waals surface area contributed by atoms with Crippen LogP contribution < -0.4 is 15.2 Å². The molecular weight excluding hydrogens is 607 g/mol. The lowest BCUT2D eigenvalue weighted by molar-refractivity contribution is -0.753. The van der Waals surface area contributed by atoms with Gasteiger partial charge in [-0.15, -0.1) is 4.68 Å². The van der Waals surface area contributed by atoms with Gasteiger partial charge in [0, 0.05) is 29.6 Å². The summed E-state index contributed by atoms with van der Waals surface area (Å²) >= 11 is 0. The number of aliphatic hydroxyl groups is 3. The van der Waals surface area contributed by atoms with E-state index in [1.807, 2.05) is 0 Å². The van der Waals surface area contributed by atoms with Crippen LogP contribution in [0.2, 0.25) is 0 Å². The summed E-state index contributed by atoms with van der Waals surface area (Å²) in [5.74, 6) is -4.73. The third-order valence-corrected chi connectivity index (χ3v) is 7.29. The number of benzene rings is 1. The van der Waals surface area contributed by atoms with Crippen molar-refractivity contribution in [3.63, 3.8) is 0 Å². The van der Waals surface area contributed by atoms with Crippen LogP contribution in [0.25, 0.3) is 0 Å². The van der Waals surface area contributed by atoms with Crippen molar-refractivity contribution in [3.8, 4) is 0 Å². The van der Waals surface area contributed by atoms with Gasteiger partial charge in [0.25, 0.3) is 6.33 Å². The second-order valence-electron chi connectivity index (χ2n) is 10.3. The van der Waals surface area contributed by atoms with Gasteiger partial charge in [-0.25, -0.2) is 27.9 Å². The monoisotopic (exact) mass is 640 g/mol. The standard InChI is InChI=1S/C27H32F3N7O8/c1-14(22-19(30)7-32-11-33-22)27(42,17-5-4-16(28)6-18(17)29)10-37-13-36(12-34-37)15(2)43-26(41)35-25-24(45-21(39)8-31-3)23(40)20(9-38)44-25/h4-7,11-15,20,23-25,31,38,40,42H,8-10H2,1-3H3/p+1/t14-,15?,20+,23-,24+,25?,27?/m0/s1. The summed E-state index contributed by atoms with van der Waals surface area (Å²) < 4.78 is 61.7. The molecular formula is C27H33F3N7O8+. The molecule has 244 valence electrons. The maximum absolute atomic E-state index is 15.0. The van der Waals surface area contributed by atoms with Crippen LogP contribution in [0, 0.1) is 17.5 Å². The van der Waals surface area contributed by atoms with Gasteiger partial charge in [-0.3, -0.25) is 10.1 Å². The molecule has 0 spiro atoms. The Morgan fingerprint density at radius 1 is 1.24 bits per heavy atom. The third-order valence-electron chi connectivity index (χ3n) is 7.29. The smallest absolute Gasteiger partial charge is 0.412 e. The molecule has 3 heterocycles. The van der Waals surface area contributed by atoms with Crippen LogP contribution >= 0.6 is 0 Å². The number of carbonyl (C=O) groups excluding carboxylic acids is 2. The molecule has 3 aromatic rings. The number of nitrogens with one attached hydrogen (secondary N) is 2. The number of aromatic nitrogens is 5. The van der Waals surface area contributed by atoms with E-state index in [2.05, 4.69) is 25.7 Å². The first-order valence-electron chi connectivity index (χ1n) is 13.7. The Hall–Kier alpha value is -4.23. The van der Waals surface area contributed by atoms with Crippen molar-refractivity contribution in [2.24, 2.45) is 0 Å². The number of alkyl carbamates (subject to hydrolysis) is 1. The second-order valence-corrected chi connectivity index (χ2v) is 10.3. The number of carbonyl (C=O) groups is 2. The van der Waals surface area contributed by atoms with E-state index in [1.165, 1.54) is 42.8 Å². The minimum Gasteiger partial charge on any atom is -0.454 e. The lowest BCUT2D eigenvalue weighted by Gasteiger charge is -2.32. The Labute approximate surface area is 254 Å². The Bertz CT molecular complexity index is 1500. The fourth-order valence-corrected chi connectivity index (χ4v) is 4.86. The van der Waals surface area contributed by atoms with Gasteiger partial charge in [-0.05, 0) is 13.1 Å². The molecule has 5 N–H and O–H groups in total. The van der Waals surface area contributed by atoms with Crippen molar-refractivity contribution in [3.05, 3.63) is 72.1 Å². The molecule has 18 heteroatoms. The van der Waals surface area contributed by atoms with E-state index in [9.17, 15) is 38.1 Å². The van der Waals surface area contributed by atoms with Gasteiger partial charge in [0.05, 0.1) is 25.0 Å². The summed E-state index contributed by atoms with van der Waals surface area (Å²) in [6, 6.07) is 2.58. The predicted octanol–water partition coefficient (Wildman–Crippen LogP) is -0.477. The maximum atomic E-state index is 15.0. The van der Waals surface area contributed by atoms with Crippen molar-refractivity contribution in [1.29, 1.82) is 0 Å². The summed E-state index contributed by atoms with van der Waals surface area (Å²) in [6.07, 6.45) is -2.86. The molecule has 4 rings (SSSR count). The van der Waals surface area contributed by atoms with E-state index in [4.69, 9.17) is 14.2 Å². The van der Waals surface area contributed by atoms with Crippen LogP contribution in [-0.2, 0) is 31.2 Å². The molecule has 0 aliphatic carbocycles. The lowest BCUT2D eigenvalue weighted by Crippen LogP contribution is -2.49. The van der Waals surface area contributed by atoms with Crippen molar-refractivity contribution in [2.75, 3.05) is 20.2 Å². The van der Waals surface area contributed by atoms with E-state index in [0.29, 0.717) is 6.07 Å². The van der Waals surface area contributed by atoms with Gasteiger partial charge in [0.15, 0.2) is 18.1 Å². The van der Waals surface area contributed by atoms with Crippen LogP contribution in [0.1, 0.15) is 37.3 Å². The van der Waals surface area contributed by atoms with Crippen LogP contribution in [0.4, 0.5) is 18.0 Å². The quantitative estimate of drug-likeness (QED) is 0.126. The zero-order chi connectivity index (χ0) is 32.9. The second kappa shape index (κ2) is 14.2. The fourth-order valence-electron chi connectivity index (χ4n) is 4.86. The highest BCUT2D eigenvalue weighted by molar-refractivity contribution is 5.72. The number of rotatable bonds is 12. The van der Waals surface area contributed by atoms with Gasteiger partial charge in [0.2, 0.25) is 12.6 Å². The highest BCUT2D eigenvalue weighted by Gasteiger charge is 2.47. The number of nitrogens with zero attached hydrogens (tertiary/aromatic N) is 5. The number of likely N-dealkylation sites (N-methyl/N-ethyl adjacent to an activating group) is 1. The first-order valence-corrected chi connectivity index (χ1v) is 13.7. The molecule has 1 aromatic carbocycles. The summed E-state index contributed by atoms with van der Waals surface area (Å²) in [5.41, 5.74) is -2.77. The summed E-state index contributed by atoms with van der Waals surface area (Å²) in [7, 11) is 1.51. The third kappa shape index (κ3) is 7.54. The average molecular weight is 641 g/mol. The topological polar surface area (TPSA) is 194 Å². The number of hydrogen-bond acceptors (Lipinski definition) is 12. The van der Waals surface area contributed by atoms with Gasteiger partial charge in [0.1, 0.15) is 42.3 Å². The minimum absolute atomic E-state index is 0.183. The van der Waals surface area contributed by atoms with Gasteiger partial charge in [-0.2, -0.15) is 4.57 Å². The number of amides is 1. The molecule has 1 saturated heterocycles. The first kappa shape index (κ1) is 33.7. The van der Waals surface area contributed by atoms with Crippen LogP contribution in [0.15, 0.2) is 43.4 Å². The number of hydrogen-bond donors (Lipinski definition) is 5. The molecule has 1 fully saturated rings. The zero-order valence-corrected chi connectivity index (χ0v) is 24.4. The van der Waals surface area contributed by atoms with E-state index >= 15 is 0 Å². The molecule has 45 heavy (non-hydrogen) atoms. The zero-order valence-electron chi connectivity index (χ0n) is 24.4. The largest absolute Gasteiger partial charge is 0.454 e. The molecule has 0 radical (unpaired) electrons. The lowest BCUT2D eigenvalue weighted by atomic mass is 9.79. The van der Waals surface area contributed by atoms with Crippen molar-refractivity contribution in [1.82, 2.24) is 30.4 Å². The Kier molecular flexibility index (Phi) is 10.7. The van der Waals surface area contributed by atoms with Gasteiger partial charge in [-0.1, -0.05) is 13.0 Å². The minimum atomic E-state index is -2.21. The molecule has 0 saturated carbocycles. The van der Waals surface area contributed by atoms with Crippen molar-refractivity contribution >= 4 is 12.1 Å². The van der Waals surface area contributed by atoms with Crippen LogP contribution in [-0.4, -0.2) is 91.9 Å². The van der Waals surface area contributed by atoms with Crippen molar-refractivity contribution < 1.29 is 56.9 Å². The Morgan fingerprint density at radius 2 is 2.00 bits per heavy atom. The van der Waals surface area contributed by atoms with E-state index in [-0.39, 0.29) is 17.8 Å². The SMILES string of the molecule is CNCC(=O)O[C@H]1C(NC(=O)OC(C)[n+]2cnn(CC(O)(c3ccc(F)cc3F)[C@@H](C)c3ncncc3F)c2)O[C@H](CO)[C@@H]1O. The van der Waals surface area contributed by atoms with Crippen LogP contribution in [0.5, 0.6) is 0 Å². The van der Waals surface area contributed by atoms with Crippen LogP contribution in [0.3, 0.4) is 0 Å². The van der Waals surface area contributed by atoms with E-state index in [1.54, 1.807) is 0 Å². The Morgan fingerprint density at radius 3 is 2.67 bits per heavy atom. The molecule has 1 aliphatic rings. The summed E-state index contributed by atoms with van der Waals surface area (Å²) in [4.78, 5) is 32.1. The van der Waals surface area contributed by atoms with Gasteiger partial charge < -0.3 is 34.8 Å². The number of halogens is 3. The Balaban J connectivity index is 1.50. The van der Waals surface area contributed by atoms with E-state index in [0.717, 1.165) is 24.7 Å². The highest BCUT2D eigenvalue weighted by Crippen LogP contribution is 2.39. The normalized spacial score (nSPS) is 22.3. The fraction of sp³-hybridized carbons (Fsp3) is 0.481. The molecule has 3 unspecified atom stereocenters. The summed E-state index contributed by atoms with van der Waals surface area (Å²) in [6.45, 7) is 1.60. The molecule has 7 atom stereocenters. The molecule has 1 amide bonds. The molecule has 15 nitrogen and oxygen atoms in total. The molecule has 0 bridgehead atoms. The highest BCUT2D eigenvalue weighted by atomic mass is 19.1. The number of ether oxygens (including phenoxy) is 3. The average Bonchev–Trinajstić information content (AvgIpc) is 3.57. The maximum Gasteiger partial charge on any atom is 0.412 e. The first-order chi connectivity index (χ1) is 21.4.